The van der Waals surface area contributed by atoms with Crippen molar-refractivity contribution in [2.75, 3.05) is 0 Å². The van der Waals surface area contributed by atoms with E-state index in [2.05, 4.69) is 19.9 Å². The van der Waals surface area contributed by atoms with E-state index >= 15 is 0 Å². The second-order valence-corrected chi connectivity index (χ2v) is 6.60. The highest BCUT2D eigenvalue weighted by molar-refractivity contribution is 5.93. The molecule has 6 N–H and O–H groups in total. The normalized spacial score (nSPS) is 10.7. The Labute approximate surface area is 171 Å². The Hall–Kier alpha value is -4.30. The number of carbonyl (C=O) groups is 1. The zero-order chi connectivity index (χ0) is 19.8. The summed E-state index contributed by atoms with van der Waals surface area (Å²) in [6.45, 7) is 0. The number of carbonyl (C=O) groups excluding carboxylic acids is 1. The monoisotopic (exact) mass is 398 g/mol. The van der Waals surface area contributed by atoms with E-state index in [0.717, 1.165) is 39.2 Å². The molecule has 0 atom stereocenters. The van der Waals surface area contributed by atoms with Crippen molar-refractivity contribution in [1.82, 2.24) is 24.9 Å². The standard InChI is InChI=1S/C22H16N6O.H2O/c23-21(29)13-4-6-14(7-5-13)22-27-19(20(28-22)17-3-1-2-10-24-17)15-8-9-16-18(11-15)26-12-25-16;/h1-12H,(H2,23,29)(H,25,26)(H,27,28);1H2. The maximum absolute atomic E-state index is 11.3. The molecular formula is C22H18N6O2. The summed E-state index contributed by atoms with van der Waals surface area (Å²) in [5, 5.41) is 0. The maximum Gasteiger partial charge on any atom is 0.248 e. The van der Waals surface area contributed by atoms with Crippen molar-refractivity contribution in [3.63, 3.8) is 0 Å². The van der Waals surface area contributed by atoms with Crippen LogP contribution in [0.2, 0.25) is 0 Å². The van der Waals surface area contributed by atoms with Gasteiger partial charge in [-0.2, -0.15) is 0 Å². The van der Waals surface area contributed by atoms with Crippen LogP contribution in [0, 0.1) is 0 Å². The molecule has 2 aromatic carbocycles. The summed E-state index contributed by atoms with van der Waals surface area (Å²) in [6, 6.07) is 18.7. The van der Waals surface area contributed by atoms with Crippen LogP contribution in [0.3, 0.4) is 0 Å². The molecule has 0 fully saturated rings. The van der Waals surface area contributed by atoms with E-state index in [9.17, 15) is 4.79 Å². The zero-order valence-electron chi connectivity index (χ0n) is 15.8. The number of aromatic amines is 2. The molecular weight excluding hydrogens is 380 g/mol. The molecule has 0 aliphatic rings. The smallest absolute Gasteiger partial charge is 0.248 e. The number of amides is 1. The summed E-state index contributed by atoms with van der Waals surface area (Å²) in [6.07, 6.45) is 3.42. The van der Waals surface area contributed by atoms with Crippen LogP contribution in [-0.4, -0.2) is 36.3 Å². The number of hydrogen-bond donors (Lipinski definition) is 3. The van der Waals surface area contributed by atoms with Crippen LogP contribution in [0.25, 0.3) is 45.1 Å². The topological polar surface area (TPSA) is 145 Å². The number of pyridine rings is 1. The van der Waals surface area contributed by atoms with Crippen LogP contribution in [0.5, 0.6) is 0 Å². The van der Waals surface area contributed by atoms with E-state index in [1.165, 1.54) is 0 Å². The number of fused-ring (bicyclic) bond motifs is 1. The molecule has 8 heteroatoms. The molecule has 148 valence electrons. The third-order valence-corrected chi connectivity index (χ3v) is 4.76. The fourth-order valence-corrected chi connectivity index (χ4v) is 3.29. The molecule has 0 saturated heterocycles. The number of hydrogen-bond acceptors (Lipinski definition) is 4. The molecule has 3 heterocycles. The van der Waals surface area contributed by atoms with Crippen LogP contribution < -0.4 is 5.73 Å². The molecule has 0 aliphatic carbocycles. The third kappa shape index (κ3) is 3.31. The van der Waals surface area contributed by atoms with Gasteiger partial charge in [-0.3, -0.25) is 9.78 Å². The van der Waals surface area contributed by atoms with Gasteiger partial charge < -0.3 is 21.2 Å². The summed E-state index contributed by atoms with van der Waals surface area (Å²) in [5.41, 5.74) is 11.8. The highest BCUT2D eigenvalue weighted by atomic mass is 16.1. The summed E-state index contributed by atoms with van der Waals surface area (Å²) in [5.74, 6) is 0.222. The fraction of sp³-hybridized carbons (Fsp3) is 0. The molecule has 0 saturated carbocycles. The minimum Gasteiger partial charge on any atom is -0.412 e. The summed E-state index contributed by atoms with van der Waals surface area (Å²) in [7, 11) is 0. The fourth-order valence-electron chi connectivity index (χ4n) is 3.29. The van der Waals surface area contributed by atoms with Gasteiger partial charge in [0.15, 0.2) is 0 Å². The van der Waals surface area contributed by atoms with Crippen molar-refractivity contribution in [2.45, 2.75) is 0 Å². The van der Waals surface area contributed by atoms with Gasteiger partial charge in [0.25, 0.3) is 0 Å². The van der Waals surface area contributed by atoms with Crippen LogP contribution in [0.1, 0.15) is 10.4 Å². The number of nitrogens with two attached hydrogens (primary N) is 1. The first-order valence-electron chi connectivity index (χ1n) is 9.04. The number of nitrogens with one attached hydrogen (secondary N) is 2. The minimum atomic E-state index is -0.460. The van der Waals surface area contributed by atoms with E-state index in [0.29, 0.717) is 11.4 Å². The average molecular weight is 398 g/mol. The lowest BCUT2D eigenvalue weighted by molar-refractivity contribution is 0.100. The molecule has 0 unspecified atom stereocenters. The largest absolute Gasteiger partial charge is 0.412 e. The van der Waals surface area contributed by atoms with Crippen molar-refractivity contribution in [2.24, 2.45) is 5.73 Å². The highest BCUT2D eigenvalue weighted by Crippen LogP contribution is 2.33. The number of aromatic nitrogens is 5. The molecule has 0 radical (unpaired) electrons. The Kier molecular flexibility index (Phi) is 4.83. The predicted octanol–water partition coefficient (Wildman–Crippen LogP) is 2.96. The first-order chi connectivity index (χ1) is 14.2. The molecule has 8 nitrogen and oxygen atoms in total. The Morgan fingerprint density at radius 1 is 0.933 bits per heavy atom. The van der Waals surface area contributed by atoms with Crippen molar-refractivity contribution >= 4 is 16.9 Å². The molecule has 3 aromatic heterocycles. The lowest BCUT2D eigenvalue weighted by Gasteiger charge is -2.02. The number of nitrogens with zero attached hydrogens (tertiary/aromatic N) is 3. The molecule has 30 heavy (non-hydrogen) atoms. The van der Waals surface area contributed by atoms with Gasteiger partial charge in [0.05, 0.1) is 34.4 Å². The van der Waals surface area contributed by atoms with Gasteiger partial charge in [-0.15, -0.1) is 0 Å². The van der Waals surface area contributed by atoms with Crippen molar-refractivity contribution in [1.29, 1.82) is 0 Å². The number of rotatable bonds is 4. The maximum atomic E-state index is 11.3. The van der Waals surface area contributed by atoms with Crippen LogP contribution in [0.4, 0.5) is 0 Å². The van der Waals surface area contributed by atoms with Crippen LogP contribution in [-0.2, 0) is 0 Å². The SMILES string of the molecule is NC(=O)c1ccc(-c2nc(-c3ccc4nc[nH]c4c3)c(-c3ccccn3)[nH]2)cc1.O. The molecule has 5 aromatic rings. The van der Waals surface area contributed by atoms with Crippen molar-refractivity contribution in [3.05, 3.63) is 78.8 Å². The van der Waals surface area contributed by atoms with E-state index in [4.69, 9.17) is 10.7 Å². The second kappa shape index (κ2) is 7.61. The third-order valence-electron chi connectivity index (χ3n) is 4.76. The number of H-pyrrole nitrogens is 2. The number of imidazole rings is 2. The van der Waals surface area contributed by atoms with Gasteiger partial charge in [0.2, 0.25) is 5.91 Å². The number of primary amides is 1. The van der Waals surface area contributed by atoms with E-state index < -0.39 is 5.91 Å². The Bertz CT molecular complexity index is 1320. The van der Waals surface area contributed by atoms with Gasteiger partial charge in [0, 0.05) is 22.9 Å². The van der Waals surface area contributed by atoms with E-state index in [1.54, 1.807) is 24.7 Å². The van der Waals surface area contributed by atoms with Crippen molar-refractivity contribution in [3.8, 4) is 34.0 Å². The minimum absolute atomic E-state index is 0. The summed E-state index contributed by atoms with van der Waals surface area (Å²) in [4.78, 5) is 31.5. The van der Waals surface area contributed by atoms with Gasteiger partial charge in [-0.25, -0.2) is 9.97 Å². The lowest BCUT2D eigenvalue weighted by Crippen LogP contribution is -2.10. The molecule has 0 spiro atoms. The van der Waals surface area contributed by atoms with Gasteiger partial charge >= 0.3 is 0 Å². The summed E-state index contributed by atoms with van der Waals surface area (Å²) >= 11 is 0. The molecule has 0 bridgehead atoms. The van der Waals surface area contributed by atoms with Gasteiger partial charge in [0.1, 0.15) is 5.82 Å². The second-order valence-electron chi connectivity index (χ2n) is 6.60. The lowest BCUT2D eigenvalue weighted by atomic mass is 10.1. The van der Waals surface area contributed by atoms with Crippen LogP contribution >= 0.6 is 0 Å². The van der Waals surface area contributed by atoms with Gasteiger partial charge in [-0.05, 0) is 36.4 Å². The molecule has 5 rings (SSSR count). The first-order valence-corrected chi connectivity index (χ1v) is 9.04. The highest BCUT2D eigenvalue weighted by Gasteiger charge is 2.17. The quantitative estimate of drug-likeness (QED) is 0.427. The first kappa shape index (κ1) is 19.0. The van der Waals surface area contributed by atoms with Gasteiger partial charge in [-0.1, -0.05) is 24.3 Å². The van der Waals surface area contributed by atoms with E-state index in [-0.39, 0.29) is 5.48 Å². The molecule has 0 aliphatic heterocycles. The average Bonchev–Trinajstić information content (AvgIpc) is 3.41. The Morgan fingerprint density at radius 2 is 1.73 bits per heavy atom. The zero-order valence-corrected chi connectivity index (χ0v) is 15.8. The Morgan fingerprint density at radius 3 is 2.47 bits per heavy atom. The van der Waals surface area contributed by atoms with E-state index in [1.807, 2.05) is 48.5 Å². The Balaban J connectivity index is 0.00000218. The number of benzene rings is 2. The predicted molar refractivity (Wildman–Crippen MR) is 114 cm³/mol. The summed E-state index contributed by atoms with van der Waals surface area (Å²) < 4.78 is 0. The van der Waals surface area contributed by atoms with Crippen LogP contribution in [0.15, 0.2) is 73.2 Å². The molecule has 1 amide bonds. The van der Waals surface area contributed by atoms with Crippen molar-refractivity contribution < 1.29 is 10.3 Å².